The lowest BCUT2D eigenvalue weighted by Gasteiger charge is -2.37. The molecule has 98 valence electrons. The van der Waals surface area contributed by atoms with E-state index in [-0.39, 0.29) is 17.4 Å². The summed E-state index contributed by atoms with van der Waals surface area (Å²) in [6.45, 7) is 6.23. The third kappa shape index (κ3) is 2.41. The molecule has 1 aromatic carbocycles. The zero-order valence-corrected chi connectivity index (χ0v) is 11.4. The molecule has 0 bridgehead atoms. The van der Waals surface area contributed by atoms with Gasteiger partial charge in [-0.3, -0.25) is 4.79 Å². The number of benzene rings is 1. The van der Waals surface area contributed by atoms with Gasteiger partial charge in [0.2, 0.25) is 5.91 Å². The topological polar surface area (TPSA) is 55.1 Å². The van der Waals surface area contributed by atoms with Crippen LogP contribution in [0.25, 0.3) is 0 Å². The summed E-state index contributed by atoms with van der Waals surface area (Å²) in [6.07, 6.45) is 2.05. The van der Waals surface area contributed by atoms with E-state index in [1.165, 1.54) is 11.1 Å². The Morgan fingerprint density at radius 2 is 2.11 bits per heavy atom. The monoisotopic (exact) mass is 246 g/mol. The molecule has 1 aromatic rings. The molecule has 0 radical (unpaired) electrons. The highest BCUT2D eigenvalue weighted by molar-refractivity contribution is 5.81. The summed E-state index contributed by atoms with van der Waals surface area (Å²) >= 11 is 0. The normalized spacial score (nSPS) is 23.0. The molecule has 0 aliphatic heterocycles. The van der Waals surface area contributed by atoms with Crippen LogP contribution in [0.15, 0.2) is 24.3 Å². The maximum atomic E-state index is 11.7. The van der Waals surface area contributed by atoms with Crippen LogP contribution < -0.4 is 11.1 Å². The van der Waals surface area contributed by atoms with Crippen LogP contribution in [0.3, 0.4) is 0 Å². The fraction of sp³-hybridized carbons (Fsp3) is 0.533. The molecule has 1 amide bonds. The fourth-order valence-corrected chi connectivity index (χ4v) is 2.67. The summed E-state index contributed by atoms with van der Waals surface area (Å²) in [6, 6.07) is 8.03. The quantitative estimate of drug-likeness (QED) is 0.841. The summed E-state index contributed by atoms with van der Waals surface area (Å²) in [5, 5.41) is 3.05. The first-order valence-corrected chi connectivity index (χ1v) is 6.57. The smallest absolute Gasteiger partial charge is 0.237 e. The lowest BCUT2D eigenvalue weighted by molar-refractivity contribution is -0.122. The molecule has 3 N–H and O–H groups in total. The fourth-order valence-electron chi connectivity index (χ4n) is 2.67. The number of nitrogens with two attached hydrogens (primary N) is 1. The van der Waals surface area contributed by atoms with Crippen molar-refractivity contribution in [2.45, 2.75) is 51.1 Å². The maximum absolute atomic E-state index is 11.7. The minimum atomic E-state index is -0.452. The molecule has 0 saturated carbocycles. The van der Waals surface area contributed by atoms with Crippen molar-refractivity contribution in [2.75, 3.05) is 0 Å². The number of nitrogens with one attached hydrogen (secondary N) is 1. The summed E-state index contributed by atoms with van der Waals surface area (Å²) in [5.74, 6) is -0.0745. The van der Waals surface area contributed by atoms with Crippen molar-refractivity contribution >= 4 is 5.91 Å². The van der Waals surface area contributed by atoms with Crippen molar-refractivity contribution in [3.05, 3.63) is 35.4 Å². The number of hydrogen-bond acceptors (Lipinski definition) is 2. The van der Waals surface area contributed by atoms with Crippen LogP contribution in [-0.2, 0) is 10.2 Å². The molecule has 2 rings (SSSR count). The number of rotatable bonds is 2. The Labute approximate surface area is 109 Å². The molecule has 1 unspecified atom stereocenters. The largest absolute Gasteiger partial charge is 0.348 e. The van der Waals surface area contributed by atoms with Crippen molar-refractivity contribution < 1.29 is 4.79 Å². The predicted octanol–water partition coefficient (Wildman–Crippen LogP) is 2.26. The molecule has 0 saturated heterocycles. The van der Waals surface area contributed by atoms with Gasteiger partial charge in [0.15, 0.2) is 0 Å². The number of carbonyl (C=O) groups excluding carboxylic acids is 1. The van der Waals surface area contributed by atoms with E-state index < -0.39 is 6.04 Å². The van der Waals surface area contributed by atoms with Gasteiger partial charge in [0, 0.05) is 0 Å². The highest BCUT2D eigenvalue weighted by atomic mass is 16.2. The minimum absolute atomic E-state index is 0.0745. The molecule has 0 aromatic heterocycles. The third-order valence-corrected chi connectivity index (χ3v) is 3.85. The number of hydrogen-bond donors (Lipinski definition) is 2. The Hall–Kier alpha value is -1.35. The van der Waals surface area contributed by atoms with Gasteiger partial charge in [-0.1, -0.05) is 38.1 Å². The van der Waals surface area contributed by atoms with Gasteiger partial charge >= 0.3 is 0 Å². The van der Waals surface area contributed by atoms with Crippen molar-refractivity contribution in [1.82, 2.24) is 5.32 Å². The van der Waals surface area contributed by atoms with Crippen LogP contribution in [-0.4, -0.2) is 11.9 Å². The van der Waals surface area contributed by atoms with E-state index >= 15 is 0 Å². The van der Waals surface area contributed by atoms with Gasteiger partial charge in [-0.15, -0.1) is 0 Å². The summed E-state index contributed by atoms with van der Waals surface area (Å²) in [4.78, 5) is 11.7. The van der Waals surface area contributed by atoms with Crippen molar-refractivity contribution in [3.63, 3.8) is 0 Å². The molecule has 1 aliphatic rings. The van der Waals surface area contributed by atoms with Gasteiger partial charge in [-0.25, -0.2) is 0 Å². The first-order chi connectivity index (χ1) is 8.42. The Kier molecular flexibility index (Phi) is 3.44. The van der Waals surface area contributed by atoms with Crippen molar-refractivity contribution in [3.8, 4) is 0 Å². The van der Waals surface area contributed by atoms with Crippen LogP contribution in [0.5, 0.6) is 0 Å². The predicted molar refractivity (Wildman–Crippen MR) is 73.2 cm³/mol. The molecule has 3 nitrogen and oxygen atoms in total. The Bertz CT molecular complexity index is 452. The summed E-state index contributed by atoms with van der Waals surface area (Å²) < 4.78 is 0. The van der Waals surface area contributed by atoms with Crippen molar-refractivity contribution in [2.24, 2.45) is 5.73 Å². The molecule has 3 heteroatoms. The average molecular weight is 246 g/mol. The number of fused-ring (bicyclic) bond motifs is 1. The summed E-state index contributed by atoms with van der Waals surface area (Å²) in [7, 11) is 0. The van der Waals surface area contributed by atoms with Crippen LogP contribution in [0, 0.1) is 0 Å². The van der Waals surface area contributed by atoms with E-state index in [1.807, 2.05) is 6.07 Å². The van der Waals surface area contributed by atoms with Gasteiger partial charge in [-0.2, -0.15) is 0 Å². The van der Waals surface area contributed by atoms with E-state index in [0.29, 0.717) is 0 Å². The zero-order valence-electron chi connectivity index (χ0n) is 11.4. The molecule has 18 heavy (non-hydrogen) atoms. The first-order valence-electron chi connectivity index (χ1n) is 6.57. The lowest BCUT2D eigenvalue weighted by atomic mass is 9.71. The molecular formula is C15H22N2O. The average Bonchev–Trinajstić information content (AvgIpc) is 2.33. The van der Waals surface area contributed by atoms with Gasteiger partial charge in [0.25, 0.3) is 0 Å². The highest BCUT2D eigenvalue weighted by Gasteiger charge is 2.33. The van der Waals surface area contributed by atoms with Crippen LogP contribution in [0.1, 0.15) is 50.8 Å². The van der Waals surface area contributed by atoms with E-state index in [4.69, 9.17) is 5.73 Å². The zero-order chi connectivity index (χ0) is 13.3. The van der Waals surface area contributed by atoms with E-state index in [0.717, 1.165) is 12.8 Å². The van der Waals surface area contributed by atoms with Gasteiger partial charge < -0.3 is 11.1 Å². The van der Waals surface area contributed by atoms with Crippen molar-refractivity contribution in [1.29, 1.82) is 0 Å². The highest BCUT2D eigenvalue weighted by Crippen LogP contribution is 2.41. The van der Waals surface area contributed by atoms with Crippen LogP contribution in [0.2, 0.25) is 0 Å². The Morgan fingerprint density at radius 1 is 1.44 bits per heavy atom. The summed E-state index contributed by atoms with van der Waals surface area (Å²) in [5.41, 5.74) is 8.38. The third-order valence-electron chi connectivity index (χ3n) is 3.85. The molecular weight excluding hydrogens is 224 g/mol. The van der Waals surface area contributed by atoms with E-state index in [1.54, 1.807) is 6.92 Å². The minimum Gasteiger partial charge on any atom is -0.348 e. The Morgan fingerprint density at radius 3 is 2.78 bits per heavy atom. The van der Waals surface area contributed by atoms with E-state index in [2.05, 4.69) is 37.4 Å². The second-order valence-corrected chi connectivity index (χ2v) is 5.86. The molecule has 0 heterocycles. The first kappa shape index (κ1) is 13.1. The lowest BCUT2D eigenvalue weighted by Crippen LogP contribution is -2.42. The van der Waals surface area contributed by atoms with Gasteiger partial charge in [0.1, 0.15) is 0 Å². The second kappa shape index (κ2) is 4.73. The number of carbonyl (C=O) groups is 1. The second-order valence-electron chi connectivity index (χ2n) is 5.86. The van der Waals surface area contributed by atoms with E-state index in [9.17, 15) is 4.79 Å². The van der Waals surface area contributed by atoms with Gasteiger partial charge in [-0.05, 0) is 36.3 Å². The SMILES string of the molecule is C[C@H](N)C(=O)NC1CCC(C)(C)c2ccccc21. The van der Waals surface area contributed by atoms with Gasteiger partial charge in [0.05, 0.1) is 12.1 Å². The maximum Gasteiger partial charge on any atom is 0.237 e. The Balaban J connectivity index is 2.29. The van der Waals surface area contributed by atoms with Crippen LogP contribution >= 0.6 is 0 Å². The molecule has 1 aliphatic carbocycles. The number of amides is 1. The molecule has 2 atom stereocenters. The molecule has 0 spiro atoms. The molecule has 0 fully saturated rings. The van der Waals surface area contributed by atoms with Crippen LogP contribution in [0.4, 0.5) is 0 Å². The standard InChI is InChI=1S/C15H22N2O/c1-10(16)14(18)17-13-8-9-15(2,3)12-7-5-4-6-11(12)13/h4-7,10,13H,8-9,16H2,1-3H3,(H,17,18)/t10-,13?/m0/s1.